The van der Waals surface area contributed by atoms with Crippen molar-refractivity contribution < 1.29 is 19.4 Å². The summed E-state index contributed by atoms with van der Waals surface area (Å²) in [6.45, 7) is 3.60. The van der Waals surface area contributed by atoms with Gasteiger partial charge in [-0.2, -0.15) is 0 Å². The summed E-state index contributed by atoms with van der Waals surface area (Å²) in [7, 11) is 3.13. The van der Waals surface area contributed by atoms with Gasteiger partial charge in [-0.25, -0.2) is 0 Å². The van der Waals surface area contributed by atoms with Crippen molar-refractivity contribution in [1.82, 2.24) is 0 Å². The van der Waals surface area contributed by atoms with Crippen LogP contribution in [0.5, 0.6) is 17.2 Å². The molecule has 5 heteroatoms. The molecule has 126 valence electrons. The second-order valence-electron chi connectivity index (χ2n) is 5.42. The normalized spacial score (nSPS) is 11.1. The van der Waals surface area contributed by atoms with E-state index >= 15 is 0 Å². The summed E-state index contributed by atoms with van der Waals surface area (Å²) in [5.41, 5.74) is 2.65. The van der Waals surface area contributed by atoms with Crippen LogP contribution in [0, 0.1) is 6.92 Å². The number of ether oxygens (including phenoxy) is 2. The Bertz CT molecular complexity index is 781. The zero-order valence-electron chi connectivity index (χ0n) is 14.2. The number of hydrogen-bond donors (Lipinski definition) is 2. The second kappa shape index (κ2) is 7.55. The van der Waals surface area contributed by atoms with E-state index in [0.29, 0.717) is 22.8 Å². The van der Waals surface area contributed by atoms with Gasteiger partial charge >= 0.3 is 0 Å². The maximum absolute atomic E-state index is 12.3. The SMILES string of the molecule is COc1ccc(/C=C(\C)C(=O)Nc2cc(C)ccc2O)cc1OC. The third kappa shape index (κ3) is 4.07. The van der Waals surface area contributed by atoms with Gasteiger partial charge in [-0.05, 0) is 55.3 Å². The van der Waals surface area contributed by atoms with Gasteiger partial charge < -0.3 is 19.9 Å². The quantitative estimate of drug-likeness (QED) is 0.648. The number of carbonyl (C=O) groups excluding carboxylic acids is 1. The topological polar surface area (TPSA) is 67.8 Å². The fraction of sp³-hybridized carbons (Fsp3) is 0.211. The van der Waals surface area contributed by atoms with Gasteiger partial charge in [-0.3, -0.25) is 4.79 Å². The van der Waals surface area contributed by atoms with Gasteiger partial charge in [0.2, 0.25) is 0 Å². The van der Waals surface area contributed by atoms with Crippen LogP contribution >= 0.6 is 0 Å². The Hall–Kier alpha value is -2.95. The zero-order valence-corrected chi connectivity index (χ0v) is 14.2. The second-order valence-corrected chi connectivity index (χ2v) is 5.42. The lowest BCUT2D eigenvalue weighted by molar-refractivity contribution is -0.112. The van der Waals surface area contributed by atoms with Crippen molar-refractivity contribution >= 4 is 17.7 Å². The summed E-state index contributed by atoms with van der Waals surface area (Å²) in [5, 5.41) is 12.5. The van der Waals surface area contributed by atoms with Crippen molar-refractivity contribution in [3.05, 3.63) is 53.1 Å². The van der Waals surface area contributed by atoms with Gasteiger partial charge in [0.05, 0.1) is 19.9 Å². The third-order valence-corrected chi connectivity index (χ3v) is 3.55. The van der Waals surface area contributed by atoms with E-state index in [1.54, 1.807) is 57.6 Å². The summed E-state index contributed by atoms with van der Waals surface area (Å²) >= 11 is 0. The Balaban J connectivity index is 2.21. The number of benzene rings is 2. The number of aromatic hydroxyl groups is 1. The fourth-order valence-corrected chi connectivity index (χ4v) is 2.23. The molecule has 1 amide bonds. The molecule has 2 aromatic carbocycles. The lowest BCUT2D eigenvalue weighted by atomic mass is 10.1. The van der Waals surface area contributed by atoms with Crippen molar-refractivity contribution in [2.75, 3.05) is 19.5 Å². The molecule has 2 aromatic rings. The molecule has 0 saturated carbocycles. The Morgan fingerprint density at radius 2 is 1.79 bits per heavy atom. The molecule has 0 radical (unpaired) electrons. The van der Waals surface area contributed by atoms with E-state index < -0.39 is 0 Å². The van der Waals surface area contributed by atoms with Gasteiger partial charge in [-0.15, -0.1) is 0 Å². The minimum atomic E-state index is -0.286. The van der Waals surface area contributed by atoms with Crippen LogP contribution in [-0.2, 0) is 4.79 Å². The predicted octanol–water partition coefficient (Wildman–Crippen LogP) is 3.76. The smallest absolute Gasteiger partial charge is 0.251 e. The number of amides is 1. The summed E-state index contributed by atoms with van der Waals surface area (Å²) in [4.78, 5) is 12.3. The maximum Gasteiger partial charge on any atom is 0.251 e. The van der Waals surface area contributed by atoms with Crippen LogP contribution in [0.15, 0.2) is 42.0 Å². The van der Waals surface area contributed by atoms with Crippen LogP contribution in [0.25, 0.3) is 6.08 Å². The molecule has 2 N–H and O–H groups in total. The van der Waals surface area contributed by atoms with Gasteiger partial charge in [0.1, 0.15) is 5.75 Å². The number of phenols is 1. The lowest BCUT2D eigenvalue weighted by Gasteiger charge is -2.10. The first-order chi connectivity index (χ1) is 11.4. The van der Waals surface area contributed by atoms with E-state index in [2.05, 4.69) is 5.32 Å². The number of rotatable bonds is 5. The molecule has 0 bridgehead atoms. The Labute approximate surface area is 141 Å². The molecule has 24 heavy (non-hydrogen) atoms. The monoisotopic (exact) mass is 327 g/mol. The molecule has 2 rings (SSSR count). The number of aryl methyl sites for hydroxylation is 1. The summed E-state index contributed by atoms with van der Waals surface area (Å²) < 4.78 is 10.4. The number of anilines is 1. The van der Waals surface area contributed by atoms with Gasteiger partial charge in [-0.1, -0.05) is 12.1 Å². The number of phenolic OH excluding ortho intramolecular Hbond substituents is 1. The van der Waals surface area contributed by atoms with Crippen LogP contribution in [0.2, 0.25) is 0 Å². The van der Waals surface area contributed by atoms with Crippen LogP contribution < -0.4 is 14.8 Å². The van der Waals surface area contributed by atoms with E-state index in [1.165, 1.54) is 0 Å². The molecule has 0 atom stereocenters. The Morgan fingerprint density at radius 3 is 2.46 bits per heavy atom. The average molecular weight is 327 g/mol. The highest BCUT2D eigenvalue weighted by atomic mass is 16.5. The predicted molar refractivity (Wildman–Crippen MR) is 94.7 cm³/mol. The molecule has 0 spiro atoms. The first-order valence-electron chi connectivity index (χ1n) is 7.46. The highest BCUT2D eigenvalue weighted by Gasteiger charge is 2.10. The van der Waals surface area contributed by atoms with Crippen LogP contribution in [-0.4, -0.2) is 25.2 Å². The zero-order chi connectivity index (χ0) is 17.7. The Kier molecular flexibility index (Phi) is 5.47. The lowest BCUT2D eigenvalue weighted by Crippen LogP contribution is -2.12. The molecule has 0 unspecified atom stereocenters. The molecule has 5 nitrogen and oxygen atoms in total. The standard InChI is InChI=1S/C19H21NO4/c1-12-5-7-16(21)15(9-12)20-19(22)13(2)10-14-6-8-17(23-3)18(11-14)24-4/h5-11,21H,1-4H3,(H,20,22)/b13-10+. The highest BCUT2D eigenvalue weighted by molar-refractivity contribution is 6.06. The van der Waals surface area contributed by atoms with E-state index in [9.17, 15) is 9.90 Å². The minimum absolute atomic E-state index is 0.0351. The first-order valence-corrected chi connectivity index (χ1v) is 7.46. The van der Waals surface area contributed by atoms with Gasteiger partial charge in [0.25, 0.3) is 5.91 Å². The number of methoxy groups -OCH3 is 2. The molecule has 0 aliphatic rings. The average Bonchev–Trinajstić information content (AvgIpc) is 2.57. The number of hydrogen-bond acceptors (Lipinski definition) is 4. The van der Waals surface area contributed by atoms with Crippen LogP contribution in [0.4, 0.5) is 5.69 Å². The summed E-state index contributed by atoms with van der Waals surface area (Å²) in [6.07, 6.45) is 1.74. The van der Waals surface area contributed by atoms with Crippen LogP contribution in [0.1, 0.15) is 18.1 Å². The fourth-order valence-electron chi connectivity index (χ4n) is 2.23. The van der Waals surface area contributed by atoms with E-state index in [0.717, 1.165) is 11.1 Å². The van der Waals surface area contributed by atoms with E-state index in [4.69, 9.17) is 9.47 Å². The van der Waals surface area contributed by atoms with Gasteiger partial charge in [0.15, 0.2) is 11.5 Å². The molecular formula is C19H21NO4. The number of carbonyl (C=O) groups is 1. The summed E-state index contributed by atoms with van der Waals surface area (Å²) in [6, 6.07) is 10.5. The highest BCUT2D eigenvalue weighted by Crippen LogP contribution is 2.29. The molecule has 0 heterocycles. The minimum Gasteiger partial charge on any atom is -0.506 e. The van der Waals surface area contributed by atoms with Crippen molar-refractivity contribution in [3.63, 3.8) is 0 Å². The molecule has 0 aliphatic carbocycles. The van der Waals surface area contributed by atoms with Crippen molar-refractivity contribution in [2.45, 2.75) is 13.8 Å². The molecule has 0 aromatic heterocycles. The van der Waals surface area contributed by atoms with Crippen molar-refractivity contribution in [3.8, 4) is 17.2 Å². The van der Waals surface area contributed by atoms with Crippen molar-refractivity contribution in [1.29, 1.82) is 0 Å². The molecule has 0 fully saturated rings. The van der Waals surface area contributed by atoms with E-state index in [1.807, 2.05) is 13.0 Å². The maximum atomic E-state index is 12.3. The molecular weight excluding hydrogens is 306 g/mol. The largest absolute Gasteiger partial charge is 0.506 e. The Morgan fingerprint density at radius 1 is 1.08 bits per heavy atom. The first kappa shape index (κ1) is 17.4. The number of nitrogens with one attached hydrogen (secondary N) is 1. The summed E-state index contributed by atoms with van der Waals surface area (Å²) in [5.74, 6) is 0.968. The molecule has 0 aliphatic heterocycles. The van der Waals surface area contributed by atoms with E-state index in [-0.39, 0.29) is 11.7 Å². The van der Waals surface area contributed by atoms with Crippen LogP contribution in [0.3, 0.4) is 0 Å². The van der Waals surface area contributed by atoms with Gasteiger partial charge in [0, 0.05) is 5.57 Å². The van der Waals surface area contributed by atoms with Crippen molar-refractivity contribution in [2.24, 2.45) is 0 Å². The third-order valence-electron chi connectivity index (χ3n) is 3.55. The molecule has 0 saturated heterocycles.